The molecule has 0 aromatic heterocycles. The molecule has 1 aromatic carbocycles. The molecule has 0 heterocycles. The van der Waals surface area contributed by atoms with E-state index in [1.54, 1.807) is 0 Å². The first-order valence-corrected chi connectivity index (χ1v) is 7.79. The molecular weight excluding hydrogens is 275 g/mol. The Hall–Kier alpha value is -1.03. The van der Waals surface area contributed by atoms with E-state index in [4.69, 9.17) is 0 Å². The Morgan fingerprint density at radius 2 is 1.95 bits per heavy atom. The molecule has 2 aliphatic rings. The summed E-state index contributed by atoms with van der Waals surface area (Å²) in [5, 5.41) is 3.42. The standard InChI is InChI=1S/C17H22F3N/c1-2-21-11-16(9-13-7-14(13)10-16)8-12-4-3-5-15(6-12)17(18,19)20/h3-6,13-14,21H,2,7-11H2,1H3. The first-order chi connectivity index (χ1) is 9.92. The SMILES string of the molecule is CCNCC1(Cc2cccc(C(F)(F)F)c2)CC2CC2C1. The molecule has 2 atom stereocenters. The van der Waals surface area contributed by atoms with Gasteiger partial charge in [0.2, 0.25) is 0 Å². The molecule has 2 unspecified atom stereocenters. The molecule has 116 valence electrons. The van der Waals surface area contributed by atoms with E-state index in [1.807, 2.05) is 6.07 Å². The molecule has 2 fully saturated rings. The molecule has 3 rings (SSSR count). The predicted molar refractivity (Wildman–Crippen MR) is 77.0 cm³/mol. The summed E-state index contributed by atoms with van der Waals surface area (Å²) >= 11 is 0. The topological polar surface area (TPSA) is 12.0 Å². The van der Waals surface area contributed by atoms with Gasteiger partial charge in [0.25, 0.3) is 0 Å². The van der Waals surface area contributed by atoms with Gasteiger partial charge in [-0.05, 0) is 61.1 Å². The van der Waals surface area contributed by atoms with Gasteiger partial charge in [0.15, 0.2) is 0 Å². The lowest BCUT2D eigenvalue weighted by Gasteiger charge is -2.31. The summed E-state index contributed by atoms with van der Waals surface area (Å²) in [6, 6.07) is 5.87. The summed E-state index contributed by atoms with van der Waals surface area (Å²) in [6.45, 7) is 3.92. The van der Waals surface area contributed by atoms with Crippen LogP contribution in [-0.2, 0) is 12.6 Å². The number of rotatable bonds is 5. The zero-order valence-corrected chi connectivity index (χ0v) is 12.3. The van der Waals surface area contributed by atoms with Crippen molar-refractivity contribution in [1.29, 1.82) is 0 Å². The highest BCUT2D eigenvalue weighted by Gasteiger charge is 2.53. The molecule has 0 amide bonds. The molecule has 1 aromatic rings. The lowest BCUT2D eigenvalue weighted by atomic mass is 9.77. The van der Waals surface area contributed by atoms with Gasteiger partial charge in [0.1, 0.15) is 0 Å². The third kappa shape index (κ3) is 3.25. The number of benzene rings is 1. The maximum Gasteiger partial charge on any atom is 0.416 e. The van der Waals surface area contributed by atoms with Crippen LogP contribution in [0.15, 0.2) is 24.3 Å². The fraction of sp³-hybridized carbons (Fsp3) is 0.647. The summed E-state index contributed by atoms with van der Waals surface area (Å²) in [5.41, 5.74) is 0.458. The molecule has 0 radical (unpaired) electrons. The van der Waals surface area contributed by atoms with Gasteiger partial charge in [-0.15, -0.1) is 0 Å². The molecule has 1 nitrogen and oxygen atoms in total. The van der Waals surface area contributed by atoms with Crippen molar-refractivity contribution in [2.24, 2.45) is 17.3 Å². The number of hydrogen-bond acceptors (Lipinski definition) is 1. The van der Waals surface area contributed by atoms with E-state index in [0.29, 0.717) is 0 Å². The summed E-state index contributed by atoms with van der Waals surface area (Å²) in [7, 11) is 0. The normalized spacial score (nSPS) is 31.2. The van der Waals surface area contributed by atoms with Crippen LogP contribution in [-0.4, -0.2) is 13.1 Å². The second kappa shape index (κ2) is 5.31. The smallest absolute Gasteiger partial charge is 0.316 e. The van der Waals surface area contributed by atoms with Crippen LogP contribution in [0.3, 0.4) is 0 Å². The summed E-state index contributed by atoms with van der Waals surface area (Å²) in [4.78, 5) is 0. The van der Waals surface area contributed by atoms with Crippen LogP contribution in [0, 0.1) is 17.3 Å². The van der Waals surface area contributed by atoms with Crippen molar-refractivity contribution in [3.8, 4) is 0 Å². The molecule has 4 heteroatoms. The van der Waals surface area contributed by atoms with Crippen molar-refractivity contribution in [3.63, 3.8) is 0 Å². The highest BCUT2D eigenvalue weighted by Crippen LogP contribution is 2.60. The first kappa shape index (κ1) is 14.9. The minimum absolute atomic E-state index is 0.161. The molecule has 0 aliphatic heterocycles. The Bertz CT molecular complexity index is 499. The van der Waals surface area contributed by atoms with E-state index in [1.165, 1.54) is 31.4 Å². The van der Waals surface area contributed by atoms with Crippen LogP contribution in [0.25, 0.3) is 0 Å². The third-order valence-corrected chi connectivity index (χ3v) is 5.04. The van der Waals surface area contributed by atoms with Crippen LogP contribution >= 0.6 is 0 Å². The quantitative estimate of drug-likeness (QED) is 0.855. The van der Waals surface area contributed by atoms with Gasteiger partial charge in [0, 0.05) is 6.54 Å². The number of nitrogens with one attached hydrogen (secondary N) is 1. The van der Waals surface area contributed by atoms with Gasteiger partial charge in [-0.3, -0.25) is 0 Å². The van der Waals surface area contributed by atoms with E-state index in [9.17, 15) is 13.2 Å². The summed E-state index contributed by atoms with van der Waals surface area (Å²) < 4.78 is 38.5. The number of halogens is 3. The van der Waals surface area contributed by atoms with E-state index < -0.39 is 11.7 Å². The monoisotopic (exact) mass is 297 g/mol. The van der Waals surface area contributed by atoms with Crippen molar-refractivity contribution in [2.45, 2.75) is 38.8 Å². The second-order valence-corrected chi connectivity index (χ2v) is 6.82. The predicted octanol–water partition coefficient (Wildman–Crippen LogP) is 4.27. The molecule has 2 saturated carbocycles. The van der Waals surface area contributed by atoms with Crippen LogP contribution < -0.4 is 5.32 Å². The average Bonchev–Trinajstić information content (AvgIpc) is 3.04. The fourth-order valence-corrected chi connectivity index (χ4v) is 4.04. The second-order valence-electron chi connectivity index (χ2n) is 6.82. The fourth-order valence-electron chi connectivity index (χ4n) is 4.04. The van der Waals surface area contributed by atoms with Crippen LogP contribution in [0.4, 0.5) is 13.2 Å². The number of alkyl halides is 3. The molecule has 0 spiro atoms. The Kier molecular flexibility index (Phi) is 3.76. The summed E-state index contributed by atoms with van der Waals surface area (Å²) in [6.07, 6.45) is 0.178. The average molecular weight is 297 g/mol. The van der Waals surface area contributed by atoms with E-state index in [0.717, 1.165) is 43.0 Å². The van der Waals surface area contributed by atoms with Crippen molar-refractivity contribution >= 4 is 0 Å². The van der Waals surface area contributed by atoms with Gasteiger partial charge >= 0.3 is 6.18 Å². The maximum atomic E-state index is 12.8. The highest BCUT2D eigenvalue weighted by atomic mass is 19.4. The summed E-state index contributed by atoms with van der Waals surface area (Å²) in [5.74, 6) is 1.66. The molecule has 0 bridgehead atoms. The zero-order chi connectivity index (χ0) is 15.1. The van der Waals surface area contributed by atoms with Crippen molar-refractivity contribution in [3.05, 3.63) is 35.4 Å². The third-order valence-electron chi connectivity index (χ3n) is 5.04. The Balaban J connectivity index is 1.77. The van der Waals surface area contributed by atoms with Gasteiger partial charge in [-0.1, -0.05) is 25.1 Å². The van der Waals surface area contributed by atoms with Crippen molar-refractivity contribution in [2.75, 3.05) is 13.1 Å². The van der Waals surface area contributed by atoms with Gasteiger partial charge < -0.3 is 5.32 Å². The minimum atomic E-state index is -4.25. The van der Waals surface area contributed by atoms with Crippen molar-refractivity contribution in [1.82, 2.24) is 5.32 Å². The van der Waals surface area contributed by atoms with Crippen LogP contribution in [0.1, 0.15) is 37.3 Å². The van der Waals surface area contributed by atoms with Crippen LogP contribution in [0.2, 0.25) is 0 Å². The highest BCUT2D eigenvalue weighted by molar-refractivity contribution is 5.27. The van der Waals surface area contributed by atoms with Gasteiger partial charge in [0.05, 0.1) is 5.56 Å². The number of fused-ring (bicyclic) bond motifs is 1. The number of hydrogen-bond donors (Lipinski definition) is 1. The molecular formula is C17H22F3N. The van der Waals surface area contributed by atoms with E-state index >= 15 is 0 Å². The lowest BCUT2D eigenvalue weighted by molar-refractivity contribution is -0.137. The Morgan fingerprint density at radius 1 is 1.24 bits per heavy atom. The van der Waals surface area contributed by atoms with Gasteiger partial charge in [-0.25, -0.2) is 0 Å². The molecule has 2 aliphatic carbocycles. The van der Waals surface area contributed by atoms with Crippen molar-refractivity contribution < 1.29 is 13.2 Å². The molecule has 21 heavy (non-hydrogen) atoms. The van der Waals surface area contributed by atoms with E-state index in [2.05, 4.69) is 12.2 Å². The lowest BCUT2D eigenvalue weighted by Crippen LogP contribution is -2.35. The largest absolute Gasteiger partial charge is 0.416 e. The van der Waals surface area contributed by atoms with E-state index in [-0.39, 0.29) is 5.41 Å². The molecule has 1 N–H and O–H groups in total. The minimum Gasteiger partial charge on any atom is -0.316 e. The van der Waals surface area contributed by atoms with Crippen LogP contribution in [0.5, 0.6) is 0 Å². The maximum absolute atomic E-state index is 12.8. The first-order valence-electron chi connectivity index (χ1n) is 7.79. The Morgan fingerprint density at radius 3 is 2.57 bits per heavy atom. The molecule has 0 saturated heterocycles. The zero-order valence-electron chi connectivity index (χ0n) is 12.3. The Labute approximate surface area is 123 Å². The van der Waals surface area contributed by atoms with Gasteiger partial charge in [-0.2, -0.15) is 13.2 Å².